The highest BCUT2D eigenvalue weighted by molar-refractivity contribution is 6.12. The molecule has 2 rings (SSSR count). The largest absolute Gasteiger partial charge is 0.369 e. The van der Waals surface area contributed by atoms with E-state index in [4.69, 9.17) is 0 Å². The van der Waals surface area contributed by atoms with Crippen LogP contribution in [0.2, 0.25) is 0 Å². The second-order valence-electron chi connectivity index (χ2n) is 6.95. The summed E-state index contributed by atoms with van der Waals surface area (Å²) in [5.41, 5.74) is 2.40. The number of carbonyl (C=O) groups is 1. The summed E-state index contributed by atoms with van der Waals surface area (Å²) in [7, 11) is 0. The average molecular weight is 353 g/mol. The fourth-order valence-corrected chi connectivity index (χ4v) is 3.17. The Hall–Kier alpha value is -2.16. The van der Waals surface area contributed by atoms with Gasteiger partial charge in [-0.3, -0.25) is 4.79 Å². The fraction of sp³-hybridized carbons (Fsp3) is 0.478. The summed E-state index contributed by atoms with van der Waals surface area (Å²) in [6.07, 6.45) is 12.1. The number of anilines is 1. The van der Waals surface area contributed by atoms with E-state index >= 15 is 0 Å². The van der Waals surface area contributed by atoms with Crippen molar-refractivity contribution >= 4 is 11.6 Å². The maximum absolute atomic E-state index is 12.9. The molecule has 140 valence electrons. The number of hydrogen-bond acceptors (Lipinski definition) is 3. The zero-order valence-corrected chi connectivity index (χ0v) is 16.3. The van der Waals surface area contributed by atoms with Crippen LogP contribution < -0.4 is 5.32 Å². The first-order valence-corrected chi connectivity index (χ1v) is 10.0. The maximum atomic E-state index is 12.9. The number of ketones is 1. The second kappa shape index (κ2) is 11.5. The lowest BCUT2D eigenvalue weighted by Crippen LogP contribution is -2.11. The predicted octanol–water partition coefficient (Wildman–Crippen LogP) is 6.17. The Morgan fingerprint density at radius 1 is 0.885 bits per heavy atom. The van der Waals surface area contributed by atoms with E-state index < -0.39 is 0 Å². The minimum absolute atomic E-state index is 0.0367. The van der Waals surface area contributed by atoms with Crippen molar-refractivity contribution in [2.45, 2.75) is 65.2 Å². The lowest BCUT2D eigenvalue weighted by Gasteiger charge is -2.11. The number of carbonyl (C=O) groups excluding carboxylic acids is 1. The third kappa shape index (κ3) is 6.29. The highest BCUT2D eigenvalue weighted by Crippen LogP contribution is 2.19. The number of benzene rings is 1. The van der Waals surface area contributed by atoms with Crippen molar-refractivity contribution in [1.82, 2.24) is 4.98 Å². The Balaban J connectivity index is 1.82. The van der Waals surface area contributed by atoms with E-state index in [9.17, 15) is 4.79 Å². The Kier molecular flexibility index (Phi) is 8.88. The van der Waals surface area contributed by atoms with Gasteiger partial charge in [-0.25, -0.2) is 4.98 Å². The molecule has 0 aliphatic rings. The van der Waals surface area contributed by atoms with E-state index in [1.54, 1.807) is 6.20 Å². The van der Waals surface area contributed by atoms with Crippen molar-refractivity contribution in [3.63, 3.8) is 0 Å². The van der Waals surface area contributed by atoms with Crippen molar-refractivity contribution in [2.24, 2.45) is 0 Å². The highest BCUT2D eigenvalue weighted by atomic mass is 16.1. The number of nitrogens with zero attached hydrogens (tertiary/aromatic N) is 1. The number of aromatic nitrogens is 1. The van der Waals surface area contributed by atoms with Gasteiger partial charge in [0.1, 0.15) is 5.82 Å². The predicted molar refractivity (Wildman–Crippen MR) is 110 cm³/mol. The van der Waals surface area contributed by atoms with Crippen molar-refractivity contribution in [1.29, 1.82) is 0 Å². The number of unbranched alkanes of at least 4 members (excludes halogenated alkanes) is 7. The van der Waals surface area contributed by atoms with Gasteiger partial charge in [0, 0.05) is 18.3 Å². The van der Waals surface area contributed by atoms with Crippen molar-refractivity contribution in [3.05, 3.63) is 59.3 Å². The van der Waals surface area contributed by atoms with Gasteiger partial charge in [-0.1, -0.05) is 76.1 Å². The van der Waals surface area contributed by atoms with E-state index in [0.29, 0.717) is 11.4 Å². The number of hydrogen-bond donors (Lipinski definition) is 1. The zero-order valence-electron chi connectivity index (χ0n) is 16.3. The van der Waals surface area contributed by atoms with Crippen LogP contribution in [0.1, 0.15) is 79.8 Å². The van der Waals surface area contributed by atoms with Crippen LogP contribution in [0, 0.1) is 6.92 Å². The van der Waals surface area contributed by atoms with Crippen LogP contribution >= 0.6 is 0 Å². The first-order valence-electron chi connectivity index (χ1n) is 10.0. The first-order chi connectivity index (χ1) is 12.7. The van der Waals surface area contributed by atoms with Crippen LogP contribution in [0.3, 0.4) is 0 Å². The smallest absolute Gasteiger partial charge is 0.196 e. The summed E-state index contributed by atoms with van der Waals surface area (Å²) in [6.45, 7) is 5.08. The van der Waals surface area contributed by atoms with Crippen LogP contribution in [-0.4, -0.2) is 17.3 Å². The Bertz CT molecular complexity index is 681. The van der Waals surface area contributed by atoms with Gasteiger partial charge in [0.05, 0.1) is 5.56 Å². The average Bonchev–Trinajstić information content (AvgIpc) is 2.67. The fourth-order valence-electron chi connectivity index (χ4n) is 3.17. The topological polar surface area (TPSA) is 42.0 Å². The standard InChI is InChI=1S/C23H32N2O/c1-3-4-5-6-7-8-9-12-17-24-23-21(16-13-18-25-23)22(26)20-15-11-10-14-19(20)2/h10-11,13-16,18H,3-9,12,17H2,1-2H3,(H,24,25). The molecule has 0 saturated heterocycles. The van der Waals surface area contributed by atoms with Gasteiger partial charge in [-0.05, 0) is 31.0 Å². The molecule has 0 unspecified atom stereocenters. The highest BCUT2D eigenvalue weighted by Gasteiger charge is 2.15. The SMILES string of the molecule is CCCCCCCCCCNc1ncccc1C(=O)c1ccccc1C. The molecule has 1 N–H and O–H groups in total. The number of nitrogens with one attached hydrogen (secondary N) is 1. The van der Waals surface area contributed by atoms with Crippen molar-refractivity contribution in [3.8, 4) is 0 Å². The Labute approximate surface area is 158 Å². The molecule has 0 spiro atoms. The molecular formula is C23H32N2O. The molecule has 1 heterocycles. The quantitative estimate of drug-likeness (QED) is 0.367. The van der Waals surface area contributed by atoms with E-state index in [2.05, 4.69) is 17.2 Å². The second-order valence-corrected chi connectivity index (χ2v) is 6.95. The van der Waals surface area contributed by atoms with Gasteiger partial charge in [0.15, 0.2) is 5.78 Å². The van der Waals surface area contributed by atoms with Gasteiger partial charge in [-0.2, -0.15) is 0 Å². The van der Waals surface area contributed by atoms with E-state index in [0.717, 1.165) is 24.1 Å². The van der Waals surface area contributed by atoms with Crippen molar-refractivity contribution in [2.75, 3.05) is 11.9 Å². The number of pyridine rings is 1. The summed E-state index contributed by atoms with van der Waals surface area (Å²) < 4.78 is 0. The molecule has 26 heavy (non-hydrogen) atoms. The Morgan fingerprint density at radius 2 is 1.54 bits per heavy atom. The van der Waals surface area contributed by atoms with Gasteiger partial charge in [0.25, 0.3) is 0 Å². The summed E-state index contributed by atoms with van der Waals surface area (Å²) >= 11 is 0. The third-order valence-electron chi connectivity index (χ3n) is 4.76. The van der Waals surface area contributed by atoms with Gasteiger partial charge in [0.2, 0.25) is 0 Å². The molecule has 1 aromatic heterocycles. The molecule has 0 atom stereocenters. The van der Waals surface area contributed by atoms with Crippen LogP contribution in [0.15, 0.2) is 42.6 Å². The summed E-state index contributed by atoms with van der Waals surface area (Å²) in [6, 6.07) is 11.4. The molecular weight excluding hydrogens is 320 g/mol. The zero-order chi connectivity index (χ0) is 18.6. The monoisotopic (exact) mass is 352 g/mol. The molecule has 0 saturated carbocycles. The lowest BCUT2D eigenvalue weighted by molar-refractivity contribution is 0.103. The molecule has 1 aromatic carbocycles. The van der Waals surface area contributed by atoms with Crippen LogP contribution in [0.5, 0.6) is 0 Å². The number of aryl methyl sites for hydroxylation is 1. The maximum Gasteiger partial charge on any atom is 0.196 e. The molecule has 0 bridgehead atoms. The van der Waals surface area contributed by atoms with E-state index in [1.165, 1.54) is 44.9 Å². The van der Waals surface area contributed by atoms with Crippen LogP contribution in [-0.2, 0) is 0 Å². The van der Waals surface area contributed by atoms with Crippen molar-refractivity contribution < 1.29 is 4.79 Å². The normalized spacial score (nSPS) is 10.7. The summed E-state index contributed by atoms with van der Waals surface area (Å²) in [5, 5.41) is 3.36. The molecule has 0 aliphatic carbocycles. The van der Waals surface area contributed by atoms with Crippen LogP contribution in [0.4, 0.5) is 5.82 Å². The minimum Gasteiger partial charge on any atom is -0.369 e. The van der Waals surface area contributed by atoms with Crippen LogP contribution in [0.25, 0.3) is 0 Å². The summed E-state index contributed by atoms with van der Waals surface area (Å²) in [5.74, 6) is 0.735. The molecule has 0 aliphatic heterocycles. The molecule has 0 radical (unpaired) electrons. The molecule has 0 amide bonds. The minimum atomic E-state index is 0.0367. The third-order valence-corrected chi connectivity index (χ3v) is 4.76. The van der Waals surface area contributed by atoms with Gasteiger partial charge < -0.3 is 5.32 Å². The molecule has 3 nitrogen and oxygen atoms in total. The molecule has 3 heteroatoms. The van der Waals surface area contributed by atoms with E-state index in [-0.39, 0.29) is 5.78 Å². The lowest BCUT2D eigenvalue weighted by atomic mass is 9.99. The van der Waals surface area contributed by atoms with Gasteiger partial charge in [-0.15, -0.1) is 0 Å². The van der Waals surface area contributed by atoms with Gasteiger partial charge >= 0.3 is 0 Å². The molecule has 0 fully saturated rings. The first kappa shape index (κ1) is 20.2. The molecule has 2 aromatic rings. The Morgan fingerprint density at radius 3 is 2.27 bits per heavy atom. The van der Waals surface area contributed by atoms with E-state index in [1.807, 2.05) is 43.3 Å². The number of rotatable bonds is 12. The summed E-state index contributed by atoms with van der Waals surface area (Å²) in [4.78, 5) is 17.3.